The molecule has 44 heavy (non-hydrogen) atoms. The van der Waals surface area contributed by atoms with Crippen molar-refractivity contribution >= 4 is 60.9 Å². The lowest BCUT2D eigenvalue weighted by Gasteiger charge is -2.14. The minimum atomic E-state index is -4.82. The van der Waals surface area contributed by atoms with Crippen LogP contribution < -0.4 is 11.5 Å². The minimum Gasteiger partial charge on any atom is -0.399 e. The number of carbonyl (C=O) groups excluding carboxylic acids is 1. The summed E-state index contributed by atoms with van der Waals surface area (Å²) in [6, 6.07) is 28.4. The molecular formula is C31H24N2O7S4. The Labute approximate surface area is 262 Å². The molecule has 0 fully saturated rings. The molecule has 5 aromatic rings. The molecule has 0 saturated heterocycles. The first-order chi connectivity index (χ1) is 20.8. The van der Waals surface area contributed by atoms with Crippen molar-refractivity contribution in [1.29, 1.82) is 0 Å². The lowest BCUT2D eigenvalue weighted by molar-refractivity contribution is 0.103. The third-order valence-corrected chi connectivity index (χ3v) is 10.2. The van der Waals surface area contributed by atoms with E-state index in [0.29, 0.717) is 21.8 Å². The lowest BCUT2D eigenvalue weighted by Crippen LogP contribution is -2.08. The van der Waals surface area contributed by atoms with E-state index in [1.807, 2.05) is 36.4 Å². The molecule has 224 valence electrons. The van der Waals surface area contributed by atoms with E-state index in [-0.39, 0.29) is 21.6 Å². The van der Waals surface area contributed by atoms with Crippen molar-refractivity contribution in [2.75, 3.05) is 11.5 Å². The fourth-order valence-electron chi connectivity index (χ4n) is 4.25. The number of nitrogens with two attached hydrogens (primary N) is 2. The van der Waals surface area contributed by atoms with Gasteiger partial charge in [0.1, 0.15) is 4.90 Å². The average molecular weight is 665 g/mol. The summed E-state index contributed by atoms with van der Waals surface area (Å²) >= 11 is 2.76. The van der Waals surface area contributed by atoms with Gasteiger partial charge in [-0.25, -0.2) is 0 Å². The molecule has 5 rings (SSSR count). The molecule has 0 atom stereocenters. The highest BCUT2D eigenvalue weighted by Crippen LogP contribution is 2.37. The van der Waals surface area contributed by atoms with Crippen LogP contribution in [0.2, 0.25) is 0 Å². The van der Waals surface area contributed by atoms with Crippen LogP contribution in [0, 0.1) is 0 Å². The van der Waals surface area contributed by atoms with E-state index in [0.717, 1.165) is 32.9 Å². The van der Waals surface area contributed by atoms with E-state index in [9.17, 15) is 30.7 Å². The van der Waals surface area contributed by atoms with E-state index >= 15 is 0 Å². The predicted octanol–water partition coefficient (Wildman–Crippen LogP) is 6.54. The van der Waals surface area contributed by atoms with Crippen molar-refractivity contribution in [1.82, 2.24) is 0 Å². The van der Waals surface area contributed by atoms with E-state index in [2.05, 4.69) is 0 Å². The summed E-state index contributed by atoms with van der Waals surface area (Å²) in [6.45, 7) is 0. The topological polar surface area (TPSA) is 178 Å². The summed E-state index contributed by atoms with van der Waals surface area (Å²) in [4.78, 5) is 16.2. The van der Waals surface area contributed by atoms with Crippen molar-refractivity contribution in [3.05, 3.63) is 120 Å². The average Bonchev–Trinajstić information content (AvgIpc) is 2.99. The molecule has 0 aliphatic rings. The maximum absolute atomic E-state index is 14.0. The van der Waals surface area contributed by atoms with Gasteiger partial charge in [0, 0.05) is 47.6 Å². The van der Waals surface area contributed by atoms with Gasteiger partial charge in [0.05, 0.1) is 4.90 Å². The minimum absolute atomic E-state index is 0.00437. The molecule has 0 aliphatic heterocycles. The van der Waals surface area contributed by atoms with Gasteiger partial charge in [-0.15, -0.1) is 0 Å². The molecule has 0 aromatic heterocycles. The van der Waals surface area contributed by atoms with Crippen LogP contribution in [0.5, 0.6) is 0 Å². The molecule has 9 nitrogen and oxygen atoms in total. The molecule has 0 radical (unpaired) electrons. The molecule has 0 unspecified atom stereocenters. The second kappa shape index (κ2) is 12.5. The molecule has 0 amide bonds. The largest absolute Gasteiger partial charge is 0.399 e. The maximum atomic E-state index is 14.0. The van der Waals surface area contributed by atoms with Crippen LogP contribution in [0.15, 0.2) is 139 Å². The first kappa shape index (κ1) is 31.3. The highest BCUT2D eigenvalue weighted by atomic mass is 32.2. The van der Waals surface area contributed by atoms with Crippen molar-refractivity contribution in [3.63, 3.8) is 0 Å². The van der Waals surface area contributed by atoms with Crippen LogP contribution in [0.3, 0.4) is 0 Å². The van der Waals surface area contributed by atoms with Crippen LogP contribution in [-0.4, -0.2) is 31.7 Å². The van der Waals surface area contributed by atoms with Crippen molar-refractivity contribution in [2.24, 2.45) is 0 Å². The van der Waals surface area contributed by atoms with Crippen molar-refractivity contribution in [2.45, 2.75) is 29.4 Å². The van der Waals surface area contributed by atoms with E-state index < -0.39 is 30.9 Å². The van der Waals surface area contributed by atoms with Gasteiger partial charge in [-0.1, -0.05) is 47.8 Å². The highest BCUT2D eigenvalue weighted by Gasteiger charge is 2.23. The Bertz CT molecular complexity index is 2080. The summed E-state index contributed by atoms with van der Waals surface area (Å²) in [6.07, 6.45) is 0. The van der Waals surface area contributed by atoms with Crippen LogP contribution in [-0.2, 0) is 20.2 Å². The summed E-state index contributed by atoms with van der Waals surface area (Å²) < 4.78 is 67.1. The summed E-state index contributed by atoms with van der Waals surface area (Å²) in [7, 11) is -9.30. The van der Waals surface area contributed by atoms with E-state index in [1.165, 1.54) is 47.8 Å². The highest BCUT2D eigenvalue weighted by molar-refractivity contribution is 8.00. The summed E-state index contributed by atoms with van der Waals surface area (Å²) in [5, 5.41) is 0. The van der Waals surface area contributed by atoms with Gasteiger partial charge in [0.15, 0.2) is 5.78 Å². The molecule has 6 N–H and O–H groups in total. The van der Waals surface area contributed by atoms with E-state index in [4.69, 9.17) is 11.5 Å². The fourth-order valence-corrected chi connectivity index (χ4v) is 7.25. The van der Waals surface area contributed by atoms with Gasteiger partial charge >= 0.3 is 0 Å². The van der Waals surface area contributed by atoms with Crippen LogP contribution in [0.1, 0.15) is 15.9 Å². The van der Waals surface area contributed by atoms with Crippen LogP contribution >= 0.6 is 23.5 Å². The van der Waals surface area contributed by atoms with Gasteiger partial charge in [-0.3, -0.25) is 13.9 Å². The zero-order valence-corrected chi connectivity index (χ0v) is 25.9. The van der Waals surface area contributed by atoms with Crippen molar-refractivity contribution in [3.8, 4) is 11.1 Å². The molecule has 0 heterocycles. The van der Waals surface area contributed by atoms with Gasteiger partial charge in [0.2, 0.25) is 0 Å². The van der Waals surface area contributed by atoms with Gasteiger partial charge in [-0.05, 0) is 90.5 Å². The fraction of sp³-hybridized carbons (Fsp3) is 0. The zero-order chi connectivity index (χ0) is 31.6. The Morgan fingerprint density at radius 2 is 1.14 bits per heavy atom. The van der Waals surface area contributed by atoms with Gasteiger partial charge in [0.25, 0.3) is 20.2 Å². The normalized spacial score (nSPS) is 11.8. The number of benzene rings is 5. The van der Waals surface area contributed by atoms with Crippen LogP contribution in [0.4, 0.5) is 11.4 Å². The summed E-state index contributed by atoms with van der Waals surface area (Å²) in [5.41, 5.74) is 13.4. The summed E-state index contributed by atoms with van der Waals surface area (Å²) in [5.74, 6) is -0.485. The Kier molecular flexibility index (Phi) is 8.88. The standard InChI is InChI=1S/C31H24N2O7S4/c32-21-4-8-23(9-5-21)41-25-12-16-29(42-24-10-6-22(33)7-11-24)28(18-25)31(34)20-3-15-27(30(17-20)44(38,39)40)19-1-13-26(14-2-19)43(35,36)37/h1-18H,32-33H2,(H,35,36,37)(H,38,39,40). The molecule has 0 bridgehead atoms. The SMILES string of the molecule is Nc1ccc(Sc2ccc(Sc3ccc(N)cc3)c(C(=O)c3ccc(-c4ccc(S(=O)(=O)O)cc4)c(S(=O)(=O)O)c3)c2)cc1. The van der Waals surface area contributed by atoms with E-state index in [1.54, 1.807) is 30.3 Å². The van der Waals surface area contributed by atoms with Gasteiger partial charge in [-0.2, -0.15) is 16.8 Å². The smallest absolute Gasteiger partial charge is 0.295 e. The lowest BCUT2D eigenvalue weighted by atomic mass is 9.99. The van der Waals surface area contributed by atoms with Crippen LogP contribution in [0.25, 0.3) is 11.1 Å². The molecule has 13 heteroatoms. The van der Waals surface area contributed by atoms with Crippen molar-refractivity contribution < 1.29 is 30.7 Å². The second-order valence-corrected chi connectivity index (χ2v) is 14.6. The third kappa shape index (κ3) is 7.33. The maximum Gasteiger partial charge on any atom is 0.295 e. The quantitative estimate of drug-likeness (QED) is 0.0763. The number of nitrogen functional groups attached to an aromatic ring is 2. The molecule has 0 aliphatic carbocycles. The number of hydrogen-bond donors (Lipinski definition) is 4. The Balaban J connectivity index is 1.58. The first-order valence-electron chi connectivity index (χ1n) is 12.7. The second-order valence-electron chi connectivity index (χ2n) is 9.51. The Hall–Kier alpha value is -4.11. The number of carbonyl (C=O) groups is 1. The molecular weight excluding hydrogens is 641 g/mol. The number of hydrogen-bond acceptors (Lipinski definition) is 9. The Morgan fingerprint density at radius 1 is 0.591 bits per heavy atom. The first-order valence-corrected chi connectivity index (χ1v) is 17.2. The number of anilines is 2. The monoisotopic (exact) mass is 664 g/mol. The number of rotatable bonds is 9. The molecule has 0 saturated carbocycles. The third-order valence-electron chi connectivity index (χ3n) is 6.40. The molecule has 5 aromatic carbocycles. The Morgan fingerprint density at radius 3 is 1.68 bits per heavy atom. The van der Waals surface area contributed by atoms with Gasteiger partial charge < -0.3 is 11.5 Å². The predicted molar refractivity (Wildman–Crippen MR) is 171 cm³/mol. The molecule has 0 spiro atoms. The number of ketones is 1. The zero-order valence-electron chi connectivity index (χ0n) is 22.6.